The van der Waals surface area contributed by atoms with Gasteiger partial charge in [0.25, 0.3) is 0 Å². The average Bonchev–Trinajstić information content (AvgIpc) is 2.29. The van der Waals surface area contributed by atoms with Crippen molar-refractivity contribution < 1.29 is 0 Å². The lowest BCUT2D eigenvalue weighted by Gasteiger charge is -2.12. The van der Waals surface area contributed by atoms with Crippen molar-refractivity contribution in [2.75, 3.05) is 5.73 Å². The van der Waals surface area contributed by atoms with Crippen LogP contribution < -0.4 is 5.73 Å². The van der Waals surface area contributed by atoms with E-state index < -0.39 is 0 Å². The van der Waals surface area contributed by atoms with Gasteiger partial charge in [-0.2, -0.15) is 0 Å². The maximum absolute atomic E-state index is 5.88. The molecule has 0 fully saturated rings. The molecule has 82 valence electrons. The topological polar surface area (TPSA) is 64.7 Å². The number of aromatic nitrogens is 3. The van der Waals surface area contributed by atoms with Crippen LogP contribution in [0.5, 0.6) is 0 Å². The molecule has 0 aromatic carbocycles. The molecule has 2 aromatic rings. The molecule has 0 aliphatic rings. The molecule has 4 heteroatoms. The largest absolute Gasteiger partial charge is 0.383 e. The van der Waals surface area contributed by atoms with Crippen molar-refractivity contribution >= 4 is 5.82 Å². The first kappa shape index (κ1) is 10.5. The molecule has 2 N–H and O–H groups in total. The Bertz CT molecular complexity index is 480. The van der Waals surface area contributed by atoms with E-state index in [1.54, 1.807) is 6.20 Å². The third-order valence-electron chi connectivity index (χ3n) is 2.40. The van der Waals surface area contributed by atoms with Gasteiger partial charge in [0.1, 0.15) is 12.1 Å². The Kier molecular flexibility index (Phi) is 2.81. The highest BCUT2D eigenvalue weighted by Gasteiger charge is 2.14. The van der Waals surface area contributed by atoms with Crippen LogP contribution in [0.4, 0.5) is 5.82 Å². The highest BCUT2D eigenvalue weighted by Crippen LogP contribution is 2.28. The zero-order chi connectivity index (χ0) is 11.5. The second-order valence-electron chi connectivity index (χ2n) is 3.89. The summed E-state index contributed by atoms with van der Waals surface area (Å²) >= 11 is 0. The predicted molar refractivity (Wildman–Crippen MR) is 63.8 cm³/mol. The molecule has 0 saturated carbocycles. The van der Waals surface area contributed by atoms with Crippen molar-refractivity contribution in [3.8, 4) is 11.4 Å². The minimum Gasteiger partial charge on any atom is -0.383 e. The van der Waals surface area contributed by atoms with Crippen LogP contribution in [0.15, 0.2) is 30.7 Å². The smallest absolute Gasteiger partial charge is 0.130 e. The monoisotopic (exact) mass is 214 g/mol. The molecule has 0 spiro atoms. The summed E-state index contributed by atoms with van der Waals surface area (Å²) in [5.74, 6) is 0.809. The van der Waals surface area contributed by atoms with Crippen molar-refractivity contribution in [3.05, 3.63) is 36.3 Å². The number of anilines is 1. The van der Waals surface area contributed by atoms with E-state index in [9.17, 15) is 0 Å². The molecule has 0 unspecified atom stereocenters. The zero-order valence-electron chi connectivity index (χ0n) is 9.38. The van der Waals surface area contributed by atoms with E-state index in [1.165, 1.54) is 6.33 Å². The summed E-state index contributed by atoms with van der Waals surface area (Å²) in [4.78, 5) is 12.6. The predicted octanol–water partition coefficient (Wildman–Crippen LogP) is 2.24. The summed E-state index contributed by atoms with van der Waals surface area (Å²) in [7, 11) is 0. The molecular formula is C12H14N4. The molecule has 2 heterocycles. The van der Waals surface area contributed by atoms with Crippen molar-refractivity contribution in [2.24, 2.45) is 0 Å². The third kappa shape index (κ3) is 1.86. The van der Waals surface area contributed by atoms with Gasteiger partial charge in [0, 0.05) is 11.8 Å². The van der Waals surface area contributed by atoms with Crippen LogP contribution in [-0.4, -0.2) is 15.0 Å². The van der Waals surface area contributed by atoms with E-state index in [0.717, 1.165) is 17.0 Å². The van der Waals surface area contributed by atoms with E-state index in [4.69, 9.17) is 5.73 Å². The number of rotatable bonds is 2. The van der Waals surface area contributed by atoms with Gasteiger partial charge >= 0.3 is 0 Å². The highest BCUT2D eigenvalue weighted by molar-refractivity contribution is 5.64. The second kappa shape index (κ2) is 4.26. The number of pyridine rings is 1. The van der Waals surface area contributed by atoms with Crippen LogP contribution in [0.1, 0.15) is 25.3 Å². The fourth-order valence-electron chi connectivity index (χ4n) is 1.69. The van der Waals surface area contributed by atoms with Gasteiger partial charge in [-0.15, -0.1) is 0 Å². The lowest BCUT2D eigenvalue weighted by atomic mass is 10.00. The fourth-order valence-corrected chi connectivity index (χ4v) is 1.69. The molecule has 0 aliphatic carbocycles. The lowest BCUT2D eigenvalue weighted by molar-refractivity contribution is 0.853. The number of nitrogen functional groups attached to an aromatic ring is 1. The van der Waals surface area contributed by atoms with Crippen LogP contribution in [0.2, 0.25) is 0 Å². The number of hydrogen-bond acceptors (Lipinski definition) is 4. The average molecular weight is 214 g/mol. The Morgan fingerprint density at radius 2 is 1.94 bits per heavy atom. The maximum atomic E-state index is 5.88. The molecule has 16 heavy (non-hydrogen) atoms. The van der Waals surface area contributed by atoms with Crippen LogP contribution in [0, 0.1) is 0 Å². The van der Waals surface area contributed by atoms with Crippen molar-refractivity contribution in [3.63, 3.8) is 0 Å². The normalized spacial score (nSPS) is 10.7. The molecule has 0 bridgehead atoms. The molecule has 0 aliphatic heterocycles. The van der Waals surface area contributed by atoms with Gasteiger partial charge < -0.3 is 5.73 Å². The fraction of sp³-hybridized carbons (Fsp3) is 0.250. The van der Waals surface area contributed by atoms with Gasteiger partial charge in [-0.05, 0) is 18.1 Å². The zero-order valence-corrected chi connectivity index (χ0v) is 9.38. The Morgan fingerprint density at radius 3 is 2.56 bits per heavy atom. The molecule has 0 saturated heterocycles. The van der Waals surface area contributed by atoms with Crippen LogP contribution >= 0.6 is 0 Å². The van der Waals surface area contributed by atoms with E-state index in [0.29, 0.717) is 5.82 Å². The van der Waals surface area contributed by atoms with Gasteiger partial charge in [0.15, 0.2) is 0 Å². The van der Waals surface area contributed by atoms with Crippen molar-refractivity contribution in [1.29, 1.82) is 0 Å². The first-order valence-electron chi connectivity index (χ1n) is 5.22. The first-order chi connectivity index (χ1) is 7.70. The van der Waals surface area contributed by atoms with Crippen LogP contribution in [0.25, 0.3) is 11.4 Å². The number of nitrogens with zero attached hydrogens (tertiary/aromatic N) is 3. The summed E-state index contributed by atoms with van der Waals surface area (Å²) in [6.45, 7) is 4.14. The molecular weight excluding hydrogens is 200 g/mol. The molecule has 4 nitrogen and oxygen atoms in total. The minimum atomic E-state index is 0.276. The Balaban J connectivity index is 2.61. The summed E-state index contributed by atoms with van der Waals surface area (Å²) in [5.41, 5.74) is 8.50. The number of hydrogen-bond donors (Lipinski definition) is 1. The number of nitrogens with two attached hydrogens (primary N) is 1. The van der Waals surface area contributed by atoms with E-state index in [2.05, 4.69) is 28.8 Å². The summed E-state index contributed by atoms with van der Waals surface area (Å²) in [5, 5.41) is 0. The quantitative estimate of drug-likeness (QED) is 0.832. The van der Waals surface area contributed by atoms with Gasteiger partial charge in [0.05, 0.1) is 11.4 Å². The maximum Gasteiger partial charge on any atom is 0.130 e. The SMILES string of the molecule is CC(C)c1c(N)ncnc1-c1ccccn1. The summed E-state index contributed by atoms with van der Waals surface area (Å²) in [6, 6.07) is 5.74. The highest BCUT2D eigenvalue weighted by atomic mass is 14.9. The van der Waals surface area contributed by atoms with Gasteiger partial charge in [-0.3, -0.25) is 4.98 Å². The first-order valence-corrected chi connectivity index (χ1v) is 5.22. The molecule has 2 rings (SSSR count). The Hall–Kier alpha value is -1.97. The standard InChI is InChI=1S/C12H14N4/c1-8(2)10-11(15-7-16-12(10)13)9-5-3-4-6-14-9/h3-8H,1-2H3,(H2,13,15,16). The van der Waals surface area contributed by atoms with E-state index in [1.807, 2.05) is 18.2 Å². The van der Waals surface area contributed by atoms with Crippen molar-refractivity contribution in [2.45, 2.75) is 19.8 Å². The van der Waals surface area contributed by atoms with E-state index >= 15 is 0 Å². The molecule has 0 atom stereocenters. The van der Waals surface area contributed by atoms with Gasteiger partial charge in [-0.1, -0.05) is 19.9 Å². The Morgan fingerprint density at radius 1 is 1.12 bits per heavy atom. The summed E-state index contributed by atoms with van der Waals surface area (Å²) < 4.78 is 0. The summed E-state index contributed by atoms with van der Waals surface area (Å²) in [6.07, 6.45) is 3.23. The minimum absolute atomic E-state index is 0.276. The molecule has 0 radical (unpaired) electrons. The second-order valence-corrected chi connectivity index (χ2v) is 3.89. The Labute approximate surface area is 94.6 Å². The molecule has 0 amide bonds. The van der Waals surface area contributed by atoms with Crippen molar-refractivity contribution in [1.82, 2.24) is 15.0 Å². The van der Waals surface area contributed by atoms with Crippen LogP contribution in [-0.2, 0) is 0 Å². The van der Waals surface area contributed by atoms with Gasteiger partial charge in [0.2, 0.25) is 0 Å². The van der Waals surface area contributed by atoms with Gasteiger partial charge in [-0.25, -0.2) is 9.97 Å². The molecule has 2 aromatic heterocycles. The van der Waals surface area contributed by atoms with Crippen LogP contribution in [0.3, 0.4) is 0 Å². The van der Waals surface area contributed by atoms with E-state index in [-0.39, 0.29) is 5.92 Å². The third-order valence-corrected chi connectivity index (χ3v) is 2.40. The lowest BCUT2D eigenvalue weighted by Crippen LogP contribution is -2.04.